The number of halogens is 1. The van der Waals surface area contributed by atoms with Crippen molar-refractivity contribution in [2.24, 2.45) is 5.10 Å². The number of nitro groups is 1. The molecule has 2 N–H and O–H groups in total. The molecular formula is C18H16BrN5O7. The fourth-order valence-corrected chi connectivity index (χ4v) is 3.01. The van der Waals surface area contributed by atoms with Crippen LogP contribution < -0.4 is 14.9 Å². The first-order chi connectivity index (χ1) is 14.8. The molecule has 0 aliphatic heterocycles. The second kappa shape index (κ2) is 9.30. The smallest absolute Gasteiger partial charge is 0.404 e. The Morgan fingerprint density at radius 1 is 1.39 bits per heavy atom. The van der Waals surface area contributed by atoms with Gasteiger partial charge in [-0.2, -0.15) is 9.78 Å². The number of ether oxygens (including phenoxy) is 2. The van der Waals surface area contributed by atoms with E-state index in [1.807, 2.05) is 0 Å². The lowest BCUT2D eigenvalue weighted by Crippen LogP contribution is -2.16. The van der Waals surface area contributed by atoms with Gasteiger partial charge in [0.05, 0.1) is 31.7 Å². The Morgan fingerprint density at radius 3 is 2.65 bits per heavy atom. The van der Waals surface area contributed by atoms with E-state index in [-0.39, 0.29) is 39.8 Å². The third-order valence-corrected chi connectivity index (χ3v) is 4.52. The Bertz CT molecular complexity index is 1130. The van der Waals surface area contributed by atoms with E-state index in [0.29, 0.717) is 11.3 Å². The molecule has 0 saturated heterocycles. The third kappa shape index (κ3) is 5.01. The minimum atomic E-state index is -0.612. The van der Waals surface area contributed by atoms with Crippen molar-refractivity contribution < 1.29 is 28.7 Å². The molecule has 3 aromatic rings. The van der Waals surface area contributed by atoms with Crippen molar-refractivity contribution in [1.82, 2.24) is 15.2 Å². The van der Waals surface area contributed by atoms with E-state index in [1.165, 1.54) is 49.5 Å². The zero-order valence-corrected chi connectivity index (χ0v) is 17.8. The first-order valence-corrected chi connectivity index (χ1v) is 9.36. The molecule has 1 amide bonds. The van der Waals surface area contributed by atoms with Gasteiger partial charge < -0.3 is 29.1 Å². The van der Waals surface area contributed by atoms with Crippen LogP contribution in [0.1, 0.15) is 21.9 Å². The number of nitrogens with zero attached hydrogens (tertiary/aromatic N) is 4. The molecule has 0 aliphatic rings. The highest BCUT2D eigenvalue weighted by Gasteiger charge is 2.20. The number of hydrogen-bond donors (Lipinski definition) is 2. The number of phenolic OH excluding ortho intramolecular Hbond substituents is 1. The standard InChI is InChI=1S/C18H16BrN5O7/c1-29-14-5-10(6-15(30-2)16(14)25)7-20-21-18(26)13-4-3-11(31-13)8-23-9-12(19)17(22-23)24(27)28/h3-7,9,25H,8H2,1-2H3,(H,21,26)/b20-7+. The molecule has 13 heteroatoms. The van der Waals surface area contributed by atoms with Gasteiger partial charge in [0.25, 0.3) is 0 Å². The maximum Gasteiger partial charge on any atom is 0.404 e. The summed E-state index contributed by atoms with van der Waals surface area (Å²) in [4.78, 5) is 22.5. The van der Waals surface area contributed by atoms with Crippen molar-refractivity contribution in [3.63, 3.8) is 0 Å². The highest BCUT2D eigenvalue weighted by molar-refractivity contribution is 9.10. The highest BCUT2D eigenvalue weighted by Crippen LogP contribution is 2.36. The number of carbonyl (C=O) groups is 1. The molecule has 0 saturated carbocycles. The molecule has 2 aromatic heterocycles. The minimum Gasteiger partial charge on any atom is -0.502 e. The first-order valence-electron chi connectivity index (χ1n) is 8.56. The van der Waals surface area contributed by atoms with Gasteiger partial charge in [-0.25, -0.2) is 5.43 Å². The SMILES string of the molecule is COc1cc(/C=N/NC(=O)c2ccc(Cn3cc(Br)c([N+](=O)[O-])n3)o2)cc(OC)c1O. The molecule has 0 aliphatic carbocycles. The summed E-state index contributed by atoms with van der Waals surface area (Å²) in [6.07, 6.45) is 2.78. The van der Waals surface area contributed by atoms with Crippen molar-refractivity contribution in [2.75, 3.05) is 14.2 Å². The number of amides is 1. The van der Waals surface area contributed by atoms with Gasteiger partial charge in [-0.3, -0.25) is 4.79 Å². The van der Waals surface area contributed by atoms with Crippen LogP contribution in [0.2, 0.25) is 0 Å². The molecule has 12 nitrogen and oxygen atoms in total. The summed E-state index contributed by atoms with van der Waals surface area (Å²) in [5.41, 5.74) is 2.83. The van der Waals surface area contributed by atoms with Gasteiger partial charge in [-0.05, 0) is 45.1 Å². The summed E-state index contributed by atoms with van der Waals surface area (Å²) in [7, 11) is 2.79. The quantitative estimate of drug-likeness (QED) is 0.275. The maximum atomic E-state index is 12.2. The number of benzene rings is 1. The van der Waals surface area contributed by atoms with E-state index >= 15 is 0 Å². The predicted octanol–water partition coefficient (Wildman–Crippen LogP) is 2.68. The van der Waals surface area contributed by atoms with Crippen LogP contribution in [0, 0.1) is 10.1 Å². The average Bonchev–Trinajstić information content (AvgIpc) is 3.35. The van der Waals surface area contributed by atoms with Gasteiger partial charge in [0, 0.05) is 5.56 Å². The molecule has 31 heavy (non-hydrogen) atoms. The molecule has 0 spiro atoms. The Labute approximate surface area is 183 Å². The van der Waals surface area contributed by atoms with E-state index < -0.39 is 10.8 Å². The lowest BCUT2D eigenvalue weighted by atomic mass is 10.2. The van der Waals surface area contributed by atoms with Crippen molar-refractivity contribution in [3.8, 4) is 17.2 Å². The highest BCUT2D eigenvalue weighted by atomic mass is 79.9. The van der Waals surface area contributed by atoms with Crippen LogP contribution in [0.25, 0.3) is 0 Å². The number of aromatic hydroxyl groups is 1. The maximum absolute atomic E-state index is 12.2. The van der Waals surface area contributed by atoms with E-state index in [2.05, 4.69) is 31.6 Å². The van der Waals surface area contributed by atoms with Crippen molar-refractivity contribution >= 4 is 33.9 Å². The Hall–Kier alpha value is -3.87. The zero-order valence-electron chi connectivity index (χ0n) is 16.2. The summed E-state index contributed by atoms with van der Waals surface area (Å²) < 4.78 is 17.1. The Balaban J connectivity index is 1.65. The summed E-state index contributed by atoms with van der Waals surface area (Å²) in [6, 6.07) is 6.02. The summed E-state index contributed by atoms with van der Waals surface area (Å²) in [5.74, 6) is -0.333. The predicted molar refractivity (Wildman–Crippen MR) is 111 cm³/mol. The van der Waals surface area contributed by atoms with E-state index in [0.717, 1.165) is 0 Å². The summed E-state index contributed by atoms with van der Waals surface area (Å²) in [5, 5.41) is 28.4. The van der Waals surface area contributed by atoms with Gasteiger partial charge in [-0.1, -0.05) is 0 Å². The van der Waals surface area contributed by atoms with Crippen LogP contribution in [0.15, 0.2) is 44.5 Å². The van der Waals surface area contributed by atoms with Gasteiger partial charge in [-0.15, -0.1) is 0 Å². The van der Waals surface area contributed by atoms with E-state index in [1.54, 1.807) is 6.07 Å². The Kier molecular flexibility index (Phi) is 6.55. The fourth-order valence-electron chi connectivity index (χ4n) is 2.55. The number of hydrazone groups is 1. The summed E-state index contributed by atoms with van der Waals surface area (Å²) in [6.45, 7) is 0.0933. The number of rotatable bonds is 8. The van der Waals surface area contributed by atoms with Gasteiger partial charge in [0.1, 0.15) is 16.8 Å². The molecule has 0 fully saturated rings. The van der Waals surface area contributed by atoms with Crippen LogP contribution in [-0.4, -0.2) is 46.2 Å². The van der Waals surface area contributed by atoms with E-state index in [9.17, 15) is 20.0 Å². The molecule has 0 bridgehead atoms. The van der Waals surface area contributed by atoms with Crippen LogP contribution in [0.4, 0.5) is 5.82 Å². The van der Waals surface area contributed by atoms with Gasteiger partial charge >= 0.3 is 11.7 Å². The number of methoxy groups -OCH3 is 2. The van der Waals surface area contributed by atoms with Crippen LogP contribution >= 0.6 is 15.9 Å². The second-order valence-corrected chi connectivity index (χ2v) is 6.85. The number of furan rings is 1. The zero-order chi connectivity index (χ0) is 22.5. The second-order valence-electron chi connectivity index (χ2n) is 5.99. The fraction of sp³-hybridized carbons (Fsp3) is 0.167. The first kappa shape index (κ1) is 21.8. The number of nitrogens with one attached hydrogen (secondary N) is 1. The Morgan fingerprint density at radius 2 is 2.06 bits per heavy atom. The number of aromatic nitrogens is 2. The average molecular weight is 494 g/mol. The molecule has 0 atom stereocenters. The normalized spacial score (nSPS) is 10.9. The minimum absolute atomic E-state index is 0.00580. The molecule has 3 rings (SSSR count). The number of phenols is 1. The molecule has 162 valence electrons. The van der Waals surface area contributed by atoms with Crippen molar-refractivity contribution in [2.45, 2.75) is 6.54 Å². The number of carbonyl (C=O) groups excluding carboxylic acids is 1. The van der Waals surface area contributed by atoms with Crippen LogP contribution in [0.3, 0.4) is 0 Å². The number of hydrogen-bond acceptors (Lipinski definition) is 9. The largest absolute Gasteiger partial charge is 0.502 e. The third-order valence-electron chi connectivity index (χ3n) is 3.96. The van der Waals surface area contributed by atoms with Gasteiger partial charge in [0.2, 0.25) is 5.75 Å². The summed E-state index contributed by atoms with van der Waals surface area (Å²) >= 11 is 3.06. The van der Waals surface area contributed by atoms with Gasteiger partial charge in [0.15, 0.2) is 17.3 Å². The lowest BCUT2D eigenvalue weighted by molar-refractivity contribution is -0.390. The topological polar surface area (TPSA) is 154 Å². The van der Waals surface area contributed by atoms with Crippen molar-refractivity contribution in [1.29, 1.82) is 0 Å². The van der Waals surface area contributed by atoms with Crippen LogP contribution in [0.5, 0.6) is 17.2 Å². The molecule has 2 heterocycles. The van der Waals surface area contributed by atoms with Crippen LogP contribution in [-0.2, 0) is 6.54 Å². The van der Waals surface area contributed by atoms with Crippen molar-refractivity contribution in [3.05, 3.63) is 62.1 Å². The molecule has 0 unspecified atom stereocenters. The van der Waals surface area contributed by atoms with E-state index in [4.69, 9.17) is 13.9 Å². The molecule has 0 radical (unpaired) electrons. The monoisotopic (exact) mass is 493 g/mol. The molecule has 1 aromatic carbocycles. The lowest BCUT2D eigenvalue weighted by Gasteiger charge is -2.09. The molecular weight excluding hydrogens is 478 g/mol.